The fraction of sp³-hybridized carbons (Fsp3) is 0.531. The molecule has 5 rings (SSSR count). The molecule has 9 heteroatoms. The van der Waals surface area contributed by atoms with Gasteiger partial charge in [-0.25, -0.2) is 0 Å². The highest BCUT2D eigenvalue weighted by Gasteiger charge is 2.78. The average Bonchev–Trinajstić information content (AvgIpc) is 3.54. The molecule has 3 amide bonds. The summed E-state index contributed by atoms with van der Waals surface area (Å²) >= 11 is 0. The number of benzene rings is 2. The molecule has 3 saturated heterocycles. The van der Waals surface area contributed by atoms with Crippen molar-refractivity contribution in [2.75, 3.05) is 25.1 Å². The van der Waals surface area contributed by atoms with Crippen LogP contribution in [-0.4, -0.2) is 64.7 Å². The average molecular weight is 564 g/mol. The van der Waals surface area contributed by atoms with Crippen molar-refractivity contribution in [2.24, 2.45) is 11.8 Å². The van der Waals surface area contributed by atoms with Gasteiger partial charge in [0, 0.05) is 12.2 Å². The second-order valence-electron chi connectivity index (χ2n) is 11.5. The molecule has 3 N–H and O–H groups in total. The lowest BCUT2D eigenvalue weighted by molar-refractivity contribution is -0.149. The fourth-order valence-corrected chi connectivity index (χ4v) is 7.13. The minimum absolute atomic E-state index is 0.303. The number of ether oxygens (including phenoxy) is 2. The molecule has 9 nitrogen and oxygen atoms in total. The van der Waals surface area contributed by atoms with Crippen LogP contribution in [0.4, 0.5) is 5.69 Å². The van der Waals surface area contributed by atoms with Gasteiger partial charge in [-0.2, -0.15) is 0 Å². The number of hydrogen-bond donors (Lipinski definition) is 3. The predicted molar refractivity (Wildman–Crippen MR) is 154 cm³/mol. The SMILES string of the molecule is CCCCCNC(=O)C1N([C@H](CO)c2ccccc2)C(=O)[C@@H]2[C@@H](C(=O)Nc3ccc(OCC)cc3)[C@@]3(C)CCC12O3. The first-order valence-corrected chi connectivity index (χ1v) is 14.8. The van der Waals surface area contributed by atoms with Crippen molar-refractivity contribution in [3.63, 3.8) is 0 Å². The Labute approximate surface area is 241 Å². The van der Waals surface area contributed by atoms with Gasteiger partial charge >= 0.3 is 0 Å². The Bertz CT molecular complexity index is 1250. The molecule has 1 spiro atoms. The predicted octanol–water partition coefficient (Wildman–Crippen LogP) is 3.83. The maximum Gasteiger partial charge on any atom is 0.245 e. The van der Waals surface area contributed by atoms with E-state index in [9.17, 15) is 19.5 Å². The van der Waals surface area contributed by atoms with Gasteiger partial charge in [-0.05, 0) is 62.9 Å². The maximum atomic E-state index is 14.4. The molecule has 2 aromatic rings. The van der Waals surface area contributed by atoms with Crippen LogP contribution in [-0.2, 0) is 19.1 Å². The first kappa shape index (κ1) is 29.1. The van der Waals surface area contributed by atoms with Gasteiger partial charge in [-0.1, -0.05) is 50.1 Å². The summed E-state index contributed by atoms with van der Waals surface area (Å²) in [5, 5.41) is 16.6. The zero-order valence-corrected chi connectivity index (χ0v) is 24.1. The van der Waals surface area contributed by atoms with Crippen LogP contribution >= 0.6 is 0 Å². The van der Waals surface area contributed by atoms with Crippen LogP contribution in [0.15, 0.2) is 54.6 Å². The lowest BCUT2D eigenvalue weighted by Crippen LogP contribution is -2.56. The first-order valence-electron chi connectivity index (χ1n) is 14.8. The fourth-order valence-electron chi connectivity index (χ4n) is 7.13. The minimum Gasteiger partial charge on any atom is -0.494 e. The Morgan fingerprint density at radius 3 is 2.46 bits per heavy atom. The number of aliphatic hydroxyl groups is 1. The summed E-state index contributed by atoms with van der Waals surface area (Å²) in [5.41, 5.74) is -0.753. The number of likely N-dealkylation sites (tertiary alicyclic amines) is 1. The largest absolute Gasteiger partial charge is 0.494 e. The highest BCUT2D eigenvalue weighted by atomic mass is 16.5. The summed E-state index contributed by atoms with van der Waals surface area (Å²) in [4.78, 5) is 43.7. The van der Waals surface area contributed by atoms with Gasteiger partial charge in [0.25, 0.3) is 0 Å². The molecule has 0 aromatic heterocycles. The van der Waals surface area contributed by atoms with Crippen LogP contribution in [0.3, 0.4) is 0 Å². The number of nitrogens with zero attached hydrogens (tertiary/aromatic N) is 1. The molecule has 2 aromatic carbocycles. The van der Waals surface area contributed by atoms with Crippen molar-refractivity contribution in [1.82, 2.24) is 10.2 Å². The van der Waals surface area contributed by atoms with E-state index in [-0.39, 0.29) is 24.3 Å². The van der Waals surface area contributed by atoms with E-state index < -0.39 is 35.1 Å². The second-order valence-corrected chi connectivity index (χ2v) is 11.5. The molecule has 3 heterocycles. The number of rotatable bonds is 12. The molecule has 2 unspecified atom stereocenters. The summed E-state index contributed by atoms with van der Waals surface area (Å²) in [5.74, 6) is -1.91. The third-order valence-electron chi connectivity index (χ3n) is 8.95. The molecular formula is C32H41N3O6. The smallest absolute Gasteiger partial charge is 0.245 e. The van der Waals surface area contributed by atoms with Crippen molar-refractivity contribution in [1.29, 1.82) is 0 Å². The number of aliphatic hydroxyl groups excluding tert-OH is 1. The highest BCUT2D eigenvalue weighted by molar-refractivity contribution is 6.02. The van der Waals surface area contributed by atoms with Gasteiger partial charge in [0.15, 0.2) is 0 Å². The number of carbonyl (C=O) groups excluding carboxylic acids is 3. The molecule has 0 saturated carbocycles. The Balaban J connectivity index is 1.49. The molecule has 41 heavy (non-hydrogen) atoms. The van der Waals surface area contributed by atoms with Crippen molar-refractivity contribution < 1.29 is 29.0 Å². The topological polar surface area (TPSA) is 117 Å². The Morgan fingerprint density at radius 2 is 1.80 bits per heavy atom. The maximum absolute atomic E-state index is 14.4. The molecule has 3 fully saturated rings. The van der Waals surface area contributed by atoms with Crippen LogP contribution in [0.2, 0.25) is 0 Å². The first-order chi connectivity index (χ1) is 19.8. The summed E-state index contributed by atoms with van der Waals surface area (Å²) in [6.07, 6.45) is 3.84. The van der Waals surface area contributed by atoms with E-state index in [1.54, 1.807) is 24.3 Å². The second kappa shape index (κ2) is 11.8. The van der Waals surface area contributed by atoms with Gasteiger partial charge < -0.3 is 30.1 Å². The van der Waals surface area contributed by atoms with Gasteiger partial charge in [-0.15, -0.1) is 0 Å². The Hall–Kier alpha value is -3.43. The molecular weight excluding hydrogens is 522 g/mol. The summed E-state index contributed by atoms with van der Waals surface area (Å²) < 4.78 is 12.2. The van der Waals surface area contributed by atoms with Crippen molar-refractivity contribution in [2.45, 2.75) is 76.2 Å². The molecule has 0 aliphatic carbocycles. The van der Waals surface area contributed by atoms with Crippen molar-refractivity contribution in [3.8, 4) is 5.75 Å². The monoisotopic (exact) mass is 563 g/mol. The Morgan fingerprint density at radius 1 is 1.07 bits per heavy atom. The van der Waals surface area contributed by atoms with Gasteiger partial charge in [-0.3, -0.25) is 14.4 Å². The number of anilines is 1. The van der Waals surface area contributed by atoms with E-state index in [0.717, 1.165) is 24.8 Å². The van der Waals surface area contributed by atoms with Crippen LogP contribution < -0.4 is 15.4 Å². The van der Waals surface area contributed by atoms with Crippen LogP contribution in [0.25, 0.3) is 0 Å². The standard InChI is InChI=1S/C32H41N3O6/c1-4-6-10-19-33-29(38)27-32-18-17-31(3,41-32)25(28(37)34-22-13-15-23(16-14-22)40-5-2)26(32)30(39)35(27)24(20-36)21-11-8-7-9-12-21/h7-9,11-16,24-27,36H,4-6,10,17-20H2,1-3H3,(H,33,38)(H,34,37)/t24-,25+,26+,27?,31-,32?/m1/s1. The number of fused-ring (bicyclic) bond motifs is 1. The normalized spacial score (nSPS) is 28.8. The van der Waals surface area contributed by atoms with Crippen molar-refractivity contribution >= 4 is 23.4 Å². The Kier molecular flexibility index (Phi) is 8.38. The summed E-state index contributed by atoms with van der Waals surface area (Å²) in [7, 11) is 0. The van der Waals surface area contributed by atoms with E-state index in [2.05, 4.69) is 17.6 Å². The van der Waals surface area contributed by atoms with E-state index >= 15 is 0 Å². The number of carbonyl (C=O) groups is 3. The molecule has 2 bridgehead atoms. The number of nitrogens with one attached hydrogen (secondary N) is 2. The highest BCUT2D eigenvalue weighted by Crippen LogP contribution is 2.64. The molecule has 0 radical (unpaired) electrons. The van der Waals surface area contributed by atoms with E-state index in [4.69, 9.17) is 9.47 Å². The molecule has 220 valence electrons. The van der Waals surface area contributed by atoms with Gasteiger partial charge in [0.05, 0.1) is 36.7 Å². The lowest BCUT2D eigenvalue weighted by Gasteiger charge is -2.37. The number of amides is 3. The lowest BCUT2D eigenvalue weighted by atomic mass is 9.66. The number of hydrogen-bond acceptors (Lipinski definition) is 6. The van der Waals surface area contributed by atoms with E-state index in [1.165, 1.54) is 4.90 Å². The zero-order valence-electron chi connectivity index (χ0n) is 24.1. The van der Waals surface area contributed by atoms with Crippen LogP contribution in [0, 0.1) is 11.8 Å². The van der Waals surface area contributed by atoms with Crippen LogP contribution in [0.1, 0.15) is 64.5 Å². The van der Waals surface area contributed by atoms with E-state index in [1.807, 2.05) is 44.2 Å². The zero-order chi connectivity index (χ0) is 29.2. The third-order valence-corrected chi connectivity index (χ3v) is 8.95. The van der Waals surface area contributed by atoms with E-state index in [0.29, 0.717) is 37.4 Å². The molecule has 6 atom stereocenters. The third kappa shape index (κ3) is 5.10. The van der Waals surface area contributed by atoms with Crippen molar-refractivity contribution in [3.05, 3.63) is 60.2 Å². The molecule has 3 aliphatic rings. The van der Waals surface area contributed by atoms with Crippen LogP contribution in [0.5, 0.6) is 5.75 Å². The quantitative estimate of drug-likeness (QED) is 0.338. The van der Waals surface area contributed by atoms with Gasteiger partial charge in [0.1, 0.15) is 17.4 Å². The summed E-state index contributed by atoms with van der Waals surface area (Å²) in [6.45, 7) is 6.53. The van der Waals surface area contributed by atoms with Gasteiger partial charge in [0.2, 0.25) is 17.7 Å². The summed E-state index contributed by atoms with van der Waals surface area (Å²) in [6, 6.07) is 14.6. The number of unbranched alkanes of at least 4 members (excludes halogenated alkanes) is 2. The minimum atomic E-state index is -1.16. The molecule has 3 aliphatic heterocycles.